The maximum Gasteiger partial charge on any atom is 0.336 e. The average molecular weight is 182 g/mol. The van der Waals surface area contributed by atoms with E-state index >= 15 is 0 Å². The highest BCUT2D eigenvalue weighted by molar-refractivity contribution is 5.89. The molecule has 1 aliphatic carbocycles. The van der Waals surface area contributed by atoms with Crippen LogP contribution in [0.25, 0.3) is 0 Å². The molecule has 2 bridgehead atoms. The summed E-state index contributed by atoms with van der Waals surface area (Å²) in [5, 5.41) is 0. The lowest BCUT2D eigenvalue weighted by Crippen LogP contribution is -2.28. The van der Waals surface area contributed by atoms with E-state index in [2.05, 4.69) is 4.74 Å². The van der Waals surface area contributed by atoms with Crippen molar-refractivity contribution in [3.63, 3.8) is 0 Å². The standard InChI is InChI=1S/C9H10O4/c1-11-9(10)7-5-6-3-2-4-8(7)13-12-6/h2-3,5-6,8H,4H2,1H3/t6-,8+/m0/s1. The molecule has 0 fully saturated rings. The third-order valence-electron chi connectivity index (χ3n) is 2.07. The van der Waals surface area contributed by atoms with Gasteiger partial charge in [-0.1, -0.05) is 12.2 Å². The molecule has 0 aromatic rings. The topological polar surface area (TPSA) is 44.8 Å². The van der Waals surface area contributed by atoms with E-state index < -0.39 is 0 Å². The maximum atomic E-state index is 11.3. The summed E-state index contributed by atoms with van der Waals surface area (Å²) in [4.78, 5) is 21.2. The Bertz CT molecular complexity index is 279. The Morgan fingerprint density at radius 1 is 1.62 bits per heavy atom. The molecule has 0 aromatic carbocycles. The molecule has 0 amide bonds. The molecule has 4 heteroatoms. The second-order valence-electron chi connectivity index (χ2n) is 2.92. The van der Waals surface area contributed by atoms with E-state index in [-0.39, 0.29) is 18.2 Å². The molecule has 3 aliphatic rings. The Balaban J connectivity index is 2.25. The van der Waals surface area contributed by atoms with E-state index in [4.69, 9.17) is 9.78 Å². The first-order valence-electron chi connectivity index (χ1n) is 4.10. The number of carbonyl (C=O) groups excluding carboxylic acids is 1. The summed E-state index contributed by atoms with van der Waals surface area (Å²) in [7, 11) is 1.36. The Hall–Kier alpha value is -1.13. The predicted octanol–water partition coefficient (Wildman–Crippen LogP) is 0.745. The normalized spacial score (nSPS) is 31.0. The van der Waals surface area contributed by atoms with Crippen LogP contribution in [0, 0.1) is 0 Å². The molecular weight excluding hydrogens is 172 g/mol. The maximum absolute atomic E-state index is 11.3. The van der Waals surface area contributed by atoms with Crippen LogP contribution in [0.4, 0.5) is 0 Å². The van der Waals surface area contributed by atoms with Crippen LogP contribution in [0.1, 0.15) is 6.42 Å². The zero-order valence-electron chi connectivity index (χ0n) is 7.23. The number of esters is 1. The van der Waals surface area contributed by atoms with E-state index in [9.17, 15) is 4.79 Å². The highest BCUT2D eigenvalue weighted by Gasteiger charge is 2.30. The number of methoxy groups -OCH3 is 1. The molecular formula is C9H10O4. The van der Waals surface area contributed by atoms with Gasteiger partial charge in [-0.15, -0.1) is 0 Å². The molecule has 0 spiro atoms. The van der Waals surface area contributed by atoms with Gasteiger partial charge in [0.1, 0.15) is 12.2 Å². The van der Waals surface area contributed by atoms with Gasteiger partial charge < -0.3 is 4.74 Å². The monoisotopic (exact) mass is 182 g/mol. The van der Waals surface area contributed by atoms with Crippen LogP contribution in [-0.2, 0) is 19.3 Å². The van der Waals surface area contributed by atoms with Gasteiger partial charge in [0.15, 0.2) is 0 Å². The SMILES string of the molecule is COC(=O)C1=C[C@@H]2C=CC[C@H]1OO2. The smallest absolute Gasteiger partial charge is 0.336 e. The molecule has 70 valence electrons. The Morgan fingerprint density at radius 2 is 2.46 bits per heavy atom. The van der Waals surface area contributed by atoms with Crippen LogP contribution >= 0.6 is 0 Å². The summed E-state index contributed by atoms with van der Waals surface area (Å²) >= 11 is 0. The van der Waals surface area contributed by atoms with Gasteiger partial charge in [-0.05, 0) is 12.5 Å². The van der Waals surface area contributed by atoms with Crippen molar-refractivity contribution in [2.24, 2.45) is 0 Å². The summed E-state index contributed by atoms with van der Waals surface area (Å²) in [5.74, 6) is -0.345. The number of ether oxygens (including phenoxy) is 1. The predicted molar refractivity (Wildman–Crippen MR) is 43.6 cm³/mol. The van der Waals surface area contributed by atoms with Gasteiger partial charge in [0.05, 0.1) is 12.7 Å². The van der Waals surface area contributed by atoms with Gasteiger partial charge in [-0.3, -0.25) is 0 Å². The van der Waals surface area contributed by atoms with E-state index in [1.165, 1.54) is 7.11 Å². The van der Waals surface area contributed by atoms with Crippen LogP contribution in [0.2, 0.25) is 0 Å². The zero-order chi connectivity index (χ0) is 9.26. The molecule has 2 heterocycles. The van der Waals surface area contributed by atoms with Crippen molar-refractivity contribution in [3.05, 3.63) is 23.8 Å². The fourth-order valence-corrected chi connectivity index (χ4v) is 1.40. The highest BCUT2D eigenvalue weighted by atomic mass is 17.2. The second-order valence-corrected chi connectivity index (χ2v) is 2.92. The van der Waals surface area contributed by atoms with Crippen molar-refractivity contribution >= 4 is 5.97 Å². The number of carbonyl (C=O) groups is 1. The minimum atomic E-state index is -0.345. The number of rotatable bonds is 1. The molecule has 0 unspecified atom stereocenters. The Kier molecular flexibility index (Phi) is 2.16. The molecule has 0 saturated heterocycles. The fraction of sp³-hybridized carbons (Fsp3) is 0.444. The van der Waals surface area contributed by atoms with Gasteiger partial charge in [0, 0.05) is 0 Å². The van der Waals surface area contributed by atoms with Crippen molar-refractivity contribution in [2.45, 2.75) is 18.6 Å². The molecule has 0 aromatic heterocycles. The lowest BCUT2D eigenvalue weighted by atomic mass is 10.1. The third kappa shape index (κ3) is 1.50. The molecule has 4 nitrogen and oxygen atoms in total. The zero-order valence-corrected chi connectivity index (χ0v) is 7.23. The van der Waals surface area contributed by atoms with Crippen LogP contribution < -0.4 is 0 Å². The van der Waals surface area contributed by atoms with Crippen molar-refractivity contribution in [2.75, 3.05) is 7.11 Å². The highest BCUT2D eigenvalue weighted by Crippen LogP contribution is 2.25. The van der Waals surface area contributed by atoms with Crippen LogP contribution in [0.5, 0.6) is 0 Å². The van der Waals surface area contributed by atoms with Crippen molar-refractivity contribution < 1.29 is 19.3 Å². The lowest BCUT2D eigenvalue weighted by molar-refractivity contribution is -0.329. The van der Waals surface area contributed by atoms with Gasteiger partial charge in [0.25, 0.3) is 0 Å². The fourth-order valence-electron chi connectivity index (χ4n) is 1.40. The molecule has 13 heavy (non-hydrogen) atoms. The van der Waals surface area contributed by atoms with Gasteiger partial charge >= 0.3 is 5.97 Å². The minimum absolute atomic E-state index is 0.257. The van der Waals surface area contributed by atoms with Crippen LogP contribution in [0.15, 0.2) is 23.8 Å². The van der Waals surface area contributed by atoms with E-state index in [1.807, 2.05) is 12.2 Å². The summed E-state index contributed by atoms with van der Waals surface area (Å²) in [6.45, 7) is 0. The average Bonchev–Trinajstić information content (AvgIpc) is 2.50. The molecule has 2 aliphatic heterocycles. The molecule has 0 N–H and O–H groups in total. The minimum Gasteiger partial charge on any atom is -0.466 e. The summed E-state index contributed by atoms with van der Waals surface area (Å²) < 4.78 is 4.63. The Labute approximate surface area is 75.7 Å². The molecule has 3 rings (SSSR count). The first-order chi connectivity index (χ1) is 6.31. The van der Waals surface area contributed by atoms with Crippen molar-refractivity contribution in [1.29, 1.82) is 0 Å². The van der Waals surface area contributed by atoms with Crippen LogP contribution in [0.3, 0.4) is 0 Å². The van der Waals surface area contributed by atoms with Crippen molar-refractivity contribution in [3.8, 4) is 0 Å². The summed E-state index contributed by atoms with van der Waals surface area (Å²) in [6.07, 6.45) is 5.60. The summed E-state index contributed by atoms with van der Waals surface area (Å²) in [6, 6.07) is 0. The second kappa shape index (κ2) is 3.32. The van der Waals surface area contributed by atoms with Gasteiger partial charge in [0.2, 0.25) is 0 Å². The molecule has 0 saturated carbocycles. The largest absolute Gasteiger partial charge is 0.466 e. The van der Waals surface area contributed by atoms with Gasteiger partial charge in [-0.25, -0.2) is 14.6 Å². The number of hydrogen-bond acceptors (Lipinski definition) is 4. The number of fused-ring (bicyclic) bond motifs is 2. The summed E-state index contributed by atoms with van der Waals surface area (Å²) in [5.41, 5.74) is 0.545. The first-order valence-corrected chi connectivity index (χ1v) is 4.10. The van der Waals surface area contributed by atoms with Crippen molar-refractivity contribution in [1.82, 2.24) is 0 Å². The van der Waals surface area contributed by atoms with Gasteiger partial charge in [-0.2, -0.15) is 0 Å². The quantitative estimate of drug-likeness (QED) is 0.341. The molecule has 2 atom stereocenters. The third-order valence-corrected chi connectivity index (χ3v) is 2.07. The van der Waals surface area contributed by atoms with E-state index in [1.54, 1.807) is 6.08 Å². The van der Waals surface area contributed by atoms with Crippen LogP contribution in [-0.4, -0.2) is 25.3 Å². The first kappa shape index (κ1) is 8.47. The Morgan fingerprint density at radius 3 is 3.23 bits per heavy atom. The van der Waals surface area contributed by atoms with E-state index in [0.717, 1.165) is 0 Å². The molecule has 0 radical (unpaired) electrons. The number of hydrogen-bond donors (Lipinski definition) is 0. The lowest BCUT2D eigenvalue weighted by Gasteiger charge is -2.21. The van der Waals surface area contributed by atoms with E-state index in [0.29, 0.717) is 12.0 Å².